The minimum atomic E-state index is 0.915. The highest BCUT2D eigenvalue weighted by atomic mass is 16.5. The van der Waals surface area contributed by atoms with Crippen molar-refractivity contribution >= 4 is 0 Å². The minimum Gasteiger partial charge on any atom is -0.361 e. The lowest BCUT2D eigenvalue weighted by atomic mass is 10.1. The molecule has 3 heteroatoms. The molecule has 0 spiro atoms. The van der Waals surface area contributed by atoms with Crippen molar-refractivity contribution in [3.63, 3.8) is 0 Å². The zero-order valence-electron chi connectivity index (χ0n) is 8.22. The first-order valence-electron chi connectivity index (χ1n) is 4.24. The van der Waals surface area contributed by atoms with Gasteiger partial charge >= 0.3 is 0 Å². The van der Waals surface area contributed by atoms with Gasteiger partial charge in [-0.2, -0.15) is 0 Å². The van der Waals surface area contributed by atoms with Crippen LogP contribution >= 0.6 is 0 Å². The van der Waals surface area contributed by atoms with Gasteiger partial charge in [-0.3, -0.25) is 0 Å². The van der Waals surface area contributed by atoms with Gasteiger partial charge in [0.15, 0.2) is 0 Å². The van der Waals surface area contributed by atoms with Gasteiger partial charge in [0.1, 0.15) is 5.76 Å². The summed E-state index contributed by atoms with van der Waals surface area (Å²) in [4.78, 5) is 2.12. The second kappa shape index (κ2) is 3.72. The van der Waals surface area contributed by atoms with E-state index in [0.717, 1.165) is 24.4 Å². The summed E-state index contributed by atoms with van der Waals surface area (Å²) >= 11 is 0. The molecule has 1 heterocycles. The molecular weight excluding hydrogens is 152 g/mol. The summed E-state index contributed by atoms with van der Waals surface area (Å²) in [5, 5.41) is 3.94. The maximum absolute atomic E-state index is 5.17. The van der Waals surface area contributed by atoms with E-state index in [2.05, 4.69) is 17.0 Å². The third kappa shape index (κ3) is 1.85. The van der Waals surface area contributed by atoms with Crippen LogP contribution in [0.25, 0.3) is 0 Å². The summed E-state index contributed by atoms with van der Waals surface area (Å²) in [6.07, 6.45) is 0.921. The molecule has 0 aromatic carbocycles. The van der Waals surface area contributed by atoms with Crippen LogP contribution < -0.4 is 0 Å². The van der Waals surface area contributed by atoms with Crippen LogP contribution in [-0.4, -0.2) is 24.2 Å². The Kier molecular flexibility index (Phi) is 2.87. The van der Waals surface area contributed by atoms with Gasteiger partial charge in [-0.05, 0) is 21.0 Å². The second-order valence-electron chi connectivity index (χ2n) is 3.26. The van der Waals surface area contributed by atoms with E-state index in [4.69, 9.17) is 4.52 Å². The molecule has 0 unspecified atom stereocenters. The normalized spacial score (nSPS) is 11.1. The third-order valence-electron chi connectivity index (χ3n) is 1.86. The molecule has 68 valence electrons. The zero-order chi connectivity index (χ0) is 9.14. The molecule has 0 radical (unpaired) electrons. The summed E-state index contributed by atoms with van der Waals surface area (Å²) in [6, 6.07) is 0. The zero-order valence-corrected chi connectivity index (χ0v) is 8.22. The Morgan fingerprint density at radius 2 is 2.08 bits per heavy atom. The van der Waals surface area contributed by atoms with E-state index in [1.807, 2.05) is 21.0 Å². The largest absolute Gasteiger partial charge is 0.361 e. The van der Waals surface area contributed by atoms with Crippen LogP contribution in [0.3, 0.4) is 0 Å². The topological polar surface area (TPSA) is 29.3 Å². The highest BCUT2D eigenvalue weighted by Crippen LogP contribution is 2.15. The van der Waals surface area contributed by atoms with Crippen LogP contribution in [0, 0.1) is 6.92 Å². The molecule has 12 heavy (non-hydrogen) atoms. The number of hydrogen-bond acceptors (Lipinski definition) is 3. The average molecular weight is 168 g/mol. The molecule has 1 aromatic heterocycles. The van der Waals surface area contributed by atoms with Crippen molar-refractivity contribution in [2.45, 2.75) is 26.8 Å². The second-order valence-corrected chi connectivity index (χ2v) is 3.26. The molecule has 1 rings (SSSR count). The molecule has 0 amide bonds. The van der Waals surface area contributed by atoms with Gasteiger partial charge in [-0.25, -0.2) is 0 Å². The van der Waals surface area contributed by atoms with E-state index in [-0.39, 0.29) is 0 Å². The lowest BCUT2D eigenvalue weighted by Crippen LogP contribution is -2.12. The Balaban J connectivity index is 2.86. The minimum absolute atomic E-state index is 0.915. The number of rotatable bonds is 3. The molecule has 0 saturated carbocycles. The number of aromatic nitrogens is 1. The van der Waals surface area contributed by atoms with Crippen LogP contribution in [0.15, 0.2) is 4.52 Å². The highest BCUT2D eigenvalue weighted by molar-refractivity contribution is 5.21. The summed E-state index contributed by atoms with van der Waals surface area (Å²) in [6.45, 7) is 4.99. The van der Waals surface area contributed by atoms with Crippen molar-refractivity contribution in [2.24, 2.45) is 0 Å². The van der Waals surface area contributed by atoms with E-state index in [1.165, 1.54) is 5.56 Å². The van der Waals surface area contributed by atoms with Gasteiger partial charge in [0.05, 0.1) is 5.69 Å². The molecule has 0 aliphatic rings. The maximum Gasteiger partial charge on any atom is 0.141 e. The Labute approximate surface area is 73.3 Å². The van der Waals surface area contributed by atoms with E-state index in [9.17, 15) is 0 Å². The van der Waals surface area contributed by atoms with Crippen LogP contribution in [0.1, 0.15) is 23.9 Å². The molecule has 0 aliphatic heterocycles. The first-order valence-corrected chi connectivity index (χ1v) is 4.24. The molecule has 0 saturated heterocycles. The van der Waals surface area contributed by atoms with Crippen LogP contribution in [-0.2, 0) is 13.0 Å². The van der Waals surface area contributed by atoms with Gasteiger partial charge in [-0.15, -0.1) is 0 Å². The first-order chi connectivity index (χ1) is 5.65. The van der Waals surface area contributed by atoms with Crippen molar-refractivity contribution in [2.75, 3.05) is 14.1 Å². The molecular formula is C9H16N2O. The van der Waals surface area contributed by atoms with Gasteiger partial charge in [0.2, 0.25) is 0 Å². The van der Waals surface area contributed by atoms with Gasteiger partial charge in [0, 0.05) is 18.5 Å². The number of aryl methyl sites for hydroxylation is 2. The van der Waals surface area contributed by atoms with Gasteiger partial charge < -0.3 is 9.42 Å². The third-order valence-corrected chi connectivity index (χ3v) is 1.86. The van der Waals surface area contributed by atoms with Gasteiger partial charge in [-0.1, -0.05) is 12.1 Å². The van der Waals surface area contributed by atoms with Crippen LogP contribution in [0.2, 0.25) is 0 Å². The van der Waals surface area contributed by atoms with Crippen LogP contribution in [0.4, 0.5) is 0 Å². The molecule has 0 N–H and O–H groups in total. The van der Waals surface area contributed by atoms with Crippen molar-refractivity contribution in [1.82, 2.24) is 10.1 Å². The maximum atomic E-state index is 5.17. The molecule has 0 fully saturated rings. The monoisotopic (exact) mass is 168 g/mol. The molecule has 0 bridgehead atoms. The molecule has 1 aromatic rings. The van der Waals surface area contributed by atoms with Crippen molar-refractivity contribution in [1.29, 1.82) is 0 Å². The van der Waals surface area contributed by atoms with Crippen molar-refractivity contribution in [3.8, 4) is 0 Å². The SMILES string of the molecule is CCc1onc(C)c1CN(C)C. The Bertz CT molecular complexity index is 253. The standard InChI is InChI=1S/C9H16N2O/c1-5-9-8(6-11(3)4)7(2)10-12-9/h5-6H2,1-4H3. The number of nitrogens with zero attached hydrogens (tertiary/aromatic N) is 2. The summed E-state index contributed by atoms with van der Waals surface area (Å²) < 4.78 is 5.17. The fourth-order valence-corrected chi connectivity index (χ4v) is 1.23. The summed E-state index contributed by atoms with van der Waals surface area (Å²) in [5.41, 5.74) is 2.25. The highest BCUT2D eigenvalue weighted by Gasteiger charge is 2.10. The van der Waals surface area contributed by atoms with Crippen LogP contribution in [0.5, 0.6) is 0 Å². The molecule has 0 aliphatic carbocycles. The van der Waals surface area contributed by atoms with E-state index >= 15 is 0 Å². The molecule has 0 atom stereocenters. The average Bonchev–Trinajstić information content (AvgIpc) is 2.32. The van der Waals surface area contributed by atoms with Gasteiger partial charge in [0.25, 0.3) is 0 Å². The van der Waals surface area contributed by atoms with E-state index in [0.29, 0.717) is 0 Å². The lowest BCUT2D eigenvalue weighted by molar-refractivity contribution is 0.370. The quantitative estimate of drug-likeness (QED) is 0.686. The smallest absolute Gasteiger partial charge is 0.141 e. The Morgan fingerprint density at radius 1 is 1.42 bits per heavy atom. The Morgan fingerprint density at radius 3 is 2.58 bits per heavy atom. The lowest BCUT2D eigenvalue weighted by Gasteiger charge is -2.08. The Hall–Kier alpha value is -0.830. The fraction of sp³-hybridized carbons (Fsp3) is 0.667. The molecule has 3 nitrogen and oxygen atoms in total. The fourth-order valence-electron chi connectivity index (χ4n) is 1.23. The predicted octanol–water partition coefficient (Wildman–Crippen LogP) is 1.61. The van der Waals surface area contributed by atoms with Crippen molar-refractivity contribution < 1.29 is 4.52 Å². The number of hydrogen-bond donors (Lipinski definition) is 0. The summed E-state index contributed by atoms with van der Waals surface area (Å²) in [7, 11) is 4.10. The summed E-state index contributed by atoms with van der Waals surface area (Å²) in [5.74, 6) is 1.02. The van der Waals surface area contributed by atoms with Crippen molar-refractivity contribution in [3.05, 3.63) is 17.0 Å². The van der Waals surface area contributed by atoms with E-state index in [1.54, 1.807) is 0 Å². The predicted molar refractivity (Wildman–Crippen MR) is 48.0 cm³/mol. The van der Waals surface area contributed by atoms with E-state index < -0.39 is 0 Å². The first kappa shape index (κ1) is 9.26.